The van der Waals surface area contributed by atoms with Crippen molar-refractivity contribution in [3.8, 4) is 0 Å². The molecule has 0 spiro atoms. The standard InChI is InChI=1S/C19H19N3O2/c23-19(22-24)10-9-14-5-7-15(8-6-14)11-20-12-16-13-21-18-4-2-1-3-17(16)18/h1-10,13,20-21,24H,11-12H2,(H,22,23). The van der Waals surface area contributed by atoms with Crippen LogP contribution in [0.15, 0.2) is 60.8 Å². The Labute approximate surface area is 140 Å². The van der Waals surface area contributed by atoms with Gasteiger partial charge in [-0.25, -0.2) is 5.48 Å². The number of hydrogen-bond donors (Lipinski definition) is 4. The smallest absolute Gasteiger partial charge is 0.267 e. The van der Waals surface area contributed by atoms with Crippen LogP contribution in [0, 0.1) is 0 Å². The van der Waals surface area contributed by atoms with Crippen LogP contribution >= 0.6 is 0 Å². The number of carbonyl (C=O) groups excluding carboxylic acids is 1. The van der Waals surface area contributed by atoms with Crippen molar-refractivity contribution in [2.24, 2.45) is 0 Å². The Bertz CT molecular complexity index is 850. The van der Waals surface area contributed by atoms with Crippen LogP contribution in [0.2, 0.25) is 0 Å². The molecule has 0 radical (unpaired) electrons. The second-order valence-electron chi connectivity index (χ2n) is 5.51. The fourth-order valence-corrected chi connectivity index (χ4v) is 2.58. The molecule has 0 aliphatic carbocycles. The van der Waals surface area contributed by atoms with Crippen LogP contribution in [0.4, 0.5) is 0 Å². The van der Waals surface area contributed by atoms with Crippen LogP contribution in [0.5, 0.6) is 0 Å². The molecule has 5 nitrogen and oxygen atoms in total. The molecular weight excluding hydrogens is 302 g/mol. The van der Waals surface area contributed by atoms with Gasteiger partial charge in [-0.15, -0.1) is 0 Å². The lowest BCUT2D eigenvalue weighted by molar-refractivity contribution is -0.124. The highest BCUT2D eigenvalue weighted by Crippen LogP contribution is 2.17. The fraction of sp³-hybridized carbons (Fsp3) is 0.105. The van der Waals surface area contributed by atoms with Crippen LogP contribution in [-0.4, -0.2) is 16.1 Å². The summed E-state index contributed by atoms with van der Waals surface area (Å²) in [5.41, 5.74) is 6.03. The third-order valence-corrected chi connectivity index (χ3v) is 3.84. The molecule has 1 aromatic heterocycles. The zero-order valence-electron chi connectivity index (χ0n) is 13.1. The number of aromatic nitrogens is 1. The summed E-state index contributed by atoms with van der Waals surface area (Å²) < 4.78 is 0. The first-order chi connectivity index (χ1) is 11.8. The molecule has 0 unspecified atom stereocenters. The number of carbonyl (C=O) groups is 1. The molecule has 0 aliphatic rings. The number of nitrogens with one attached hydrogen (secondary N) is 3. The molecule has 2 aromatic carbocycles. The largest absolute Gasteiger partial charge is 0.361 e. The molecule has 0 saturated heterocycles. The van der Waals surface area contributed by atoms with Gasteiger partial charge in [0.15, 0.2) is 0 Å². The van der Waals surface area contributed by atoms with Crippen LogP contribution in [0.25, 0.3) is 17.0 Å². The molecule has 1 amide bonds. The summed E-state index contributed by atoms with van der Waals surface area (Å²) in [6.07, 6.45) is 4.97. The number of H-pyrrole nitrogens is 1. The highest BCUT2D eigenvalue weighted by Gasteiger charge is 2.02. The van der Waals surface area contributed by atoms with Gasteiger partial charge in [0.2, 0.25) is 0 Å². The van der Waals surface area contributed by atoms with E-state index < -0.39 is 5.91 Å². The van der Waals surface area contributed by atoms with Crippen LogP contribution in [-0.2, 0) is 17.9 Å². The van der Waals surface area contributed by atoms with Gasteiger partial charge in [-0.1, -0.05) is 42.5 Å². The molecule has 24 heavy (non-hydrogen) atoms. The van der Waals surface area contributed by atoms with Crippen molar-refractivity contribution in [3.63, 3.8) is 0 Å². The van der Waals surface area contributed by atoms with Gasteiger partial charge in [-0.2, -0.15) is 0 Å². The second kappa shape index (κ2) is 7.59. The lowest BCUT2D eigenvalue weighted by Gasteiger charge is -2.05. The Balaban J connectivity index is 1.55. The van der Waals surface area contributed by atoms with Gasteiger partial charge in [0.05, 0.1) is 0 Å². The summed E-state index contributed by atoms with van der Waals surface area (Å²) >= 11 is 0. The minimum absolute atomic E-state index is 0.542. The van der Waals surface area contributed by atoms with Gasteiger partial charge >= 0.3 is 0 Å². The molecule has 1 heterocycles. The Hall–Kier alpha value is -2.89. The number of fused-ring (bicyclic) bond motifs is 1. The topological polar surface area (TPSA) is 77.2 Å². The molecule has 5 heteroatoms. The van der Waals surface area contributed by atoms with Crippen LogP contribution in [0.3, 0.4) is 0 Å². The van der Waals surface area contributed by atoms with Crippen LogP contribution < -0.4 is 10.8 Å². The summed E-state index contributed by atoms with van der Waals surface area (Å²) in [6, 6.07) is 16.2. The monoisotopic (exact) mass is 321 g/mol. The molecule has 0 aliphatic heterocycles. The predicted molar refractivity (Wildman–Crippen MR) is 94.2 cm³/mol. The average molecular weight is 321 g/mol. The van der Waals surface area contributed by atoms with E-state index in [9.17, 15) is 4.79 Å². The molecule has 3 rings (SSSR count). The number of benzene rings is 2. The number of para-hydroxylation sites is 1. The van der Waals surface area contributed by atoms with Crippen molar-refractivity contribution < 1.29 is 10.0 Å². The van der Waals surface area contributed by atoms with Gasteiger partial charge in [-0.3, -0.25) is 10.0 Å². The summed E-state index contributed by atoms with van der Waals surface area (Å²) in [6.45, 7) is 1.56. The lowest BCUT2D eigenvalue weighted by atomic mass is 10.1. The van der Waals surface area contributed by atoms with E-state index in [2.05, 4.69) is 22.4 Å². The molecule has 0 fully saturated rings. The Morgan fingerprint density at radius 3 is 2.67 bits per heavy atom. The average Bonchev–Trinajstić information content (AvgIpc) is 3.04. The maximum absolute atomic E-state index is 10.9. The maximum Gasteiger partial charge on any atom is 0.267 e. The number of hydroxylamine groups is 1. The van der Waals surface area contributed by atoms with E-state index in [1.807, 2.05) is 42.6 Å². The molecule has 3 aromatic rings. The molecular formula is C19H19N3O2. The van der Waals surface area contributed by atoms with E-state index >= 15 is 0 Å². The van der Waals surface area contributed by atoms with Gasteiger partial charge in [0, 0.05) is 36.3 Å². The fourth-order valence-electron chi connectivity index (χ4n) is 2.58. The van der Waals surface area contributed by atoms with Crippen molar-refractivity contribution >= 4 is 22.9 Å². The number of aromatic amines is 1. The minimum atomic E-state index is -0.542. The second-order valence-corrected chi connectivity index (χ2v) is 5.51. The van der Waals surface area contributed by atoms with Gasteiger partial charge in [0.25, 0.3) is 5.91 Å². The van der Waals surface area contributed by atoms with Crippen molar-refractivity contribution in [3.05, 3.63) is 77.5 Å². The third kappa shape index (κ3) is 3.90. The summed E-state index contributed by atoms with van der Waals surface area (Å²) in [5, 5.41) is 13.1. The highest BCUT2D eigenvalue weighted by molar-refractivity contribution is 5.90. The first-order valence-corrected chi connectivity index (χ1v) is 7.73. The van der Waals surface area contributed by atoms with Crippen molar-refractivity contribution in [2.75, 3.05) is 0 Å². The summed E-state index contributed by atoms with van der Waals surface area (Å²) in [5.74, 6) is -0.542. The van der Waals surface area contributed by atoms with E-state index in [1.54, 1.807) is 11.6 Å². The maximum atomic E-state index is 10.9. The molecule has 0 atom stereocenters. The summed E-state index contributed by atoms with van der Waals surface area (Å²) in [4.78, 5) is 14.2. The van der Waals surface area contributed by atoms with Crippen LogP contribution in [0.1, 0.15) is 16.7 Å². The quantitative estimate of drug-likeness (QED) is 0.320. The molecule has 0 bridgehead atoms. The number of hydrogen-bond acceptors (Lipinski definition) is 3. The van der Waals surface area contributed by atoms with Gasteiger partial charge in [0.1, 0.15) is 0 Å². The molecule has 122 valence electrons. The first kappa shape index (κ1) is 16.0. The Morgan fingerprint density at radius 1 is 1.08 bits per heavy atom. The normalized spacial score (nSPS) is 11.2. The number of rotatable bonds is 6. The zero-order valence-corrected chi connectivity index (χ0v) is 13.1. The van der Waals surface area contributed by atoms with E-state index in [-0.39, 0.29) is 0 Å². The molecule has 4 N–H and O–H groups in total. The van der Waals surface area contributed by atoms with E-state index in [4.69, 9.17) is 5.21 Å². The van der Waals surface area contributed by atoms with E-state index in [1.165, 1.54) is 22.6 Å². The van der Waals surface area contributed by atoms with E-state index in [0.717, 1.165) is 24.2 Å². The SMILES string of the molecule is O=C(C=Cc1ccc(CNCc2c[nH]c3ccccc23)cc1)NO. The van der Waals surface area contributed by atoms with Crippen molar-refractivity contribution in [2.45, 2.75) is 13.1 Å². The predicted octanol–water partition coefficient (Wildman–Crippen LogP) is 2.98. The van der Waals surface area contributed by atoms with Gasteiger partial charge in [-0.05, 0) is 28.8 Å². The number of amides is 1. The minimum Gasteiger partial charge on any atom is -0.361 e. The van der Waals surface area contributed by atoms with E-state index in [0.29, 0.717) is 0 Å². The van der Waals surface area contributed by atoms with Crippen molar-refractivity contribution in [1.29, 1.82) is 0 Å². The lowest BCUT2D eigenvalue weighted by Crippen LogP contribution is -2.14. The first-order valence-electron chi connectivity index (χ1n) is 7.73. The Kier molecular flexibility index (Phi) is 5.05. The van der Waals surface area contributed by atoms with Crippen molar-refractivity contribution in [1.82, 2.24) is 15.8 Å². The molecule has 0 saturated carbocycles. The van der Waals surface area contributed by atoms with Gasteiger partial charge < -0.3 is 10.3 Å². The third-order valence-electron chi connectivity index (χ3n) is 3.84. The zero-order chi connectivity index (χ0) is 16.8. The highest BCUT2D eigenvalue weighted by atomic mass is 16.5. The Morgan fingerprint density at radius 2 is 1.88 bits per heavy atom. The summed E-state index contributed by atoms with van der Waals surface area (Å²) in [7, 11) is 0.